The van der Waals surface area contributed by atoms with Gasteiger partial charge >= 0.3 is 6.98 Å². The smallest absolute Gasteiger partial charge is 0.311 e. The summed E-state index contributed by atoms with van der Waals surface area (Å²) < 4.78 is 0. The zero-order chi connectivity index (χ0) is 7.23. The third-order valence-corrected chi connectivity index (χ3v) is 1.46. The molecule has 1 fully saturated rings. The Morgan fingerprint density at radius 3 is 2.70 bits per heavy atom. The molecule has 0 unspecified atom stereocenters. The second-order valence-electron chi connectivity index (χ2n) is 2.33. The van der Waals surface area contributed by atoms with Crippen LogP contribution < -0.4 is 15.4 Å². The van der Waals surface area contributed by atoms with Gasteiger partial charge < -0.3 is 15.4 Å². The van der Waals surface area contributed by atoms with Gasteiger partial charge in [-0.15, -0.1) is 0 Å². The molecule has 6 heteroatoms. The monoisotopic (exact) mass is 135 g/mol. The third-order valence-electron chi connectivity index (χ3n) is 1.46. The van der Waals surface area contributed by atoms with Crippen LogP contribution in [-0.2, 0) is 0 Å². The predicted molar refractivity (Wildman–Crippen MR) is 48.9 cm³/mol. The van der Waals surface area contributed by atoms with Crippen molar-refractivity contribution in [2.45, 2.75) is 13.3 Å². The van der Waals surface area contributed by atoms with E-state index < -0.39 is 0 Å². The molecule has 0 atom stereocenters. The Hall–Kier alpha value is -0.185. The first-order valence-electron chi connectivity index (χ1n) is 3.77. The maximum atomic E-state index is 3.24. The van der Waals surface area contributed by atoms with Crippen molar-refractivity contribution < 1.29 is 0 Å². The van der Waals surface area contributed by atoms with Crippen LogP contribution in [0.15, 0.2) is 12.1 Å². The van der Waals surface area contributed by atoms with E-state index in [-0.39, 0.29) is 0 Å². The van der Waals surface area contributed by atoms with Gasteiger partial charge in [0.25, 0.3) is 15.1 Å². The van der Waals surface area contributed by atoms with E-state index in [1.807, 2.05) is 0 Å². The van der Waals surface area contributed by atoms with Crippen molar-refractivity contribution in [3.8, 4) is 0 Å². The zero-order valence-corrected chi connectivity index (χ0v) is 6.35. The largest absolute Gasteiger partial charge is 0.378 e. The summed E-state index contributed by atoms with van der Waals surface area (Å²) in [6, 6.07) is 0. The quantitative estimate of drug-likeness (QED) is 0.394. The molecule has 0 bridgehead atoms. The van der Waals surface area contributed by atoms with E-state index in [4.69, 9.17) is 0 Å². The van der Waals surface area contributed by atoms with Gasteiger partial charge in [-0.25, -0.2) is 0 Å². The molecule has 0 saturated carbocycles. The van der Waals surface area contributed by atoms with Crippen LogP contribution in [0.2, 0.25) is 0 Å². The molecule has 3 N–H and O–H groups in total. The Labute approximate surface area is 63.7 Å². The highest BCUT2D eigenvalue weighted by molar-refractivity contribution is 6.77. The lowest BCUT2D eigenvalue weighted by Gasteiger charge is -2.17. The predicted octanol–water partition coefficient (Wildman–Crippen LogP) is -1.70. The minimum atomic E-state index is 0.362. The highest BCUT2D eigenvalue weighted by Crippen LogP contribution is 1.81. The van der Waals surface area contributed by atoms with Crippen molar-refractivity contribution in [2.75, 3.05) is 0 Å². The van der Waals surface area contributed by atoms with E-state index in [1.54, 1.807) is 0 Å². The van der Waals surface area contributed by atoms with Gasteiger partial charge in [0.2, 0.25) is 0 Å². The number of hydrogen-bond acceptors (Lipinski definition) is 3. The van der Waals surface area contributed by atoms with Crippen LogP contribution in [-0.4, -0.2) is 22.1 Å². The normalized spacial score (nSPS) is 18.7. The van der Waals surface area contributed by atoms with E-state index in [1.165, 1.54) is 0 Å². The summed E-state index contributed by atoms with van der Waals surface area (Å²) in [5.41, 5.74) is 0. The molecule has 0 aromatic carbocycles. The van der Waals surface area contributed by atoms with Gasteiger partial charge in [0.05, 0.1) is 0 Å². The van der Waals surface area contributed by atoms with Crippen LogP contribution in [0.1, 0.15) is 13.3 Å². The first-order chi connectivity index (χ1) is 4.93. The molecular formula is C4H12B3N3. The molecule has 0 aromatic heterocycles. The number of rotatable bonds is 2. The summed E-state index contributed by atoms with van der Waals surface area (Å²) in [6.07, 6.45) is 3.27. The van der Waals surface area contributed by atoms with E-state index in [9.17, 15) is 0 Å². The summed E-state index contributed by atoms with van der Waals surface area (Å²) in [6.45, 7) is 2.50. The standard InChI is InChI=1S/C4H12B3N3/c1-2-3-4-7-9-5-8-6-10-7/h3-6,8-10H,2H2,1H3/b4-3+. The average molecular weight is 135 g/mol. The van der Waals surface area contributed by atoms with E-state index in [0.29, 0.717) is 6.98 Å². The van der Waals surface area contributed by atoms with Crippen molar-refractivity contribution in [3.05, 3.63) is 12.1 Å². The summed E-state index contributed by atoms with van der Waals surface area (Å²) in [5.74, 6) is 2.15. The fraction of sp³-hybridized carbons (Fsp3) is 0.500. The summed E-state index contributed by atoms with van der Waals surface area (Å²) >= 11 is 0. The van der Waals surface area contributed by atoms with Crippen LogP contribution in [0, 0.1) is 0 Å². The van der Waals surface area contributed by atoms with Gasteiger partial charge in [-0.3, -0.25) is 0 Å². The van der Waals surface area contributed by atoms with Crippen molar-refractivity contribution >= 4 is 22.1 Å². The lowest BCUT2D eigenvalue weighted by atomic mass is 9.65. The van der Waals surface area contributed by atoms with Gasteiger partial charge in [-0.1, -0.05) is 19.0 Å². The molecule has 1 rings (SSSR count). The number of hydrogen-bond donors (Lipinski definition) is 3. The highest BCUT2D eigenvalue weighted by Gasteiger charge is 2.13. The Bertz CT molecular complexity index is 112. The van der Waals surface area contributed by atoms with Crippen LogP contribution in [0.4, 0.5) is 0 Å². The highest BCUT2D eigenvalue weighted by atomic mass is 15.0. The van der Waals surface area contributed by atoms with Gasteiger partial charge in [0.1, 0.15) is 0 Å². The summed E-state index contributed by atoms with van der Waals surface area (Å²) in [5, 5.41) is 9.62. The molecule has 0 radical (unpaired) electrons. The van der Waals surface area contributed by atoms with Gasteiger partial charge in [-0.05, 0) is 6.42 Å². The Morgan fingerprint density at radius 1 is 1.40 bits per heavy atom. The minimum absolute atomic E-state index is 0.362. The van der Waals surface area contributed by atoms with Gasteiger partial charge in [0, 0.05) is 0 Å². The molecule has 10 heavy (non-hydrogen) atoms. The molecule has 1 aliphatic heterocycles. The molecule has 0 amide bonds. The van der Waals surface area contributed by atoms with Crippen LogP contribution in [0.25, 0.3) is 0 Å². The third kappa shape index (κ3) is 2.60. The first-order valence-corrected chi connectivity index (χ1v) is 3.77. The lowest BCUT2D eigenvalue weighted by molar-refractivity contribution is 1.21. The van der Waals surface area contributed by atoms with Gasteiger partial charge in [0.15, 0.2) is 0 Å². The SMILES string of the molecule is CC/C=C/B1NBNBN1. The topological polar surface area (TPSA) is 36.1 Å². The van der Waals surface area contributed by atoms with Crippen molar-refractivity contribution in [1.82, 2.24) is 15.4 Å². The molecule has 0 aromatic rings. The Morgan fingerprint density at radius 2 is 2.10 bits per heavy atom. The molecule has 3 nitrogen and oxygen atoms in total. The fourth-order valence-electron chi connectivity index (χ4n) is 0.907. The molecule has 1 saturated heterocycles. The van der Waals surface area contributed by atoms with Crippen LogP contribution >= 0.6 is 0 Å². The zero-order valence-electron chi connectivity index (χ0n) is 6.35. The Balaban J connectivity index is 2.19. The second-order valence-corrected chi connectivity index (χ2v) is 2.33. The number of nitrogens with one attached hydrogen (secondary N) is 3. The lowest BCUT2D eigenvalue weighted by Crippen LogP contribution is -2.62. The van der Waals surface area contributed by atoms with Gasteiger partial charge in [-0.2, -0.15) is 0 Å². The Kier molecular flexibility index (Phi) is 3.64. The fourth-order valence-corrected chi connectivity index (χ4v) is 0.907. The molecule has 52 valence electrons. The molecule has 1 heterocycles. The minimum Gasteiger partial charge on any atom is -0.378 e. The maximum Gasteiger partial charge on any atom is 0.311 e. The van der Waals surface area contributed by atoms with Crippen LogP contribution in [0.3, 0.4) is 0 Å². The molecule has 1 aliphatic rings. The van der Waals surface area contributed by atoms with Crippen molar-refractivity contribution in [3.63, 3.8) is 0 Å². The number of allylic oxidation sites excluding steroid dienone is 1. The molecular weight excluding hydrogens is 123 g/mol. The summed E-state index contributed by atoms with van der Waals surface area (Å²) in [7, 11) is 1.79. The van der Waals surface area contributed by atoms with Crippen molar-refractivity contribution in [2.24, 2.45) is 0 Å². The van der Waals surface area contributed by atoms with E-state index in [2.05, 4.69) is 34.4 Å². The molecule has 0 spiro atoms. The molecule has 0 aliphatic carbocycles. The van der Waals surface area contributed by atoms with Crippen LogP contribution in [0.5, 0.6) is 0 Å². The average Bonchev–Trinajstić information content (AvgIpc) is 2.03. The first kappa shape index (κ1) is 7.92. The second kappa shape index (κ2) is 4.60. The maximum absolute atomic E-state index is 3.24. The van der Waals surface area contributed by atoms with Crippen molar-refractivity contribution in [1.29, 1.82) is 0 Å². The summed E-state index contributed by atoms with van der Waals surface area (Å²) in [4.78, 5) is 0. The van der Waals surface area contributed by atoms with E-state index in [0.717, 1.165) is 21.5 Å². The van der Waals surface area contributed by atoms with E-state index >= 15 is 0 Å².